The lowest BCUT2D eigenvalue weighted by molar-refractivity contribution is 0.594. The first-order valence-electron chi connectivity index (χ1n) is 4.12. The van der Waals surface area contributed by atoms with Gasteiger partial charge in [-0.15, -0.1) is 17.9 Å². The molecule has 1 aromatic rings. The lowest BCUT2D eigenvalue weighted by Gasteiger charge is -2.07. The maximum absolute atomic E-state index is 11.7. The van der Waals surface area contributed by atoms with Crippen molar-refractivity contribution < 1.29 is 8.42 Å². The SMILES string of the molecule is C=CCNC(=S)NS(=O)(=O)c1ccc(Cl)s1. The van der Waals surface area contributed by atoms with Gasteiger partial charge in [0.1, 0.15) is 4.21 Å². The van der Waals surface area contributed by atoms with Crippen LogP contribution in [-0.4, -0.2) is 20.1 Å². The van der Waals surface area contributed by atoms with Crippen LogP contribution in [0.25, 0.3) is 0 Å². The molecule has 0 aromatic carbocycles. The van der Waals surface area contributed by atoms with E-state index in [-0.39, 0.29) is 9.32 Å². The van der Waals surface area contributed by atoms with Gasteiger partial charge < -0.3 is 5.32 Å². The first-order valence-corrected chi connectivity index (χ1v) is 7.21. The Balaban J connectivity index is 2.72. The Labute approximate surface area is 108 Å². The van der Waals surface area contributed by atoms with Crippen molar-refractivity contribution >= 4 is 50.3 Å². The molecule has 0 atom stereocenters. The van der Waals surface area contributed by atoms with Gasteiger partial charge in [0.15, 0.2) is 5.11 Å². The number of halogens is 1. The van der Waals surface area contributed by atoms with Crippen molar-refractivity contribution in [2.24, 2.45) is 0 Å². The van der Waals surface area contributed by atoms with Gasteiger partial charge >= 0.3 is 0 Å². The van der Waals surface area contributed by atoms with Crippen LogP contribution in [0.2, 0.25) is 4.34 Å². The maximum atomic E-state index is 11.7. The van der Waals surface area contributed by atoms with Crippen molar-refractivity contribution in [3.05, 3.63) is 29.1 Å². The molecule has 88 valence electrons. The molecule has 0 spiro atoms. The molecule has 2 N–H and O–H groups in total. The predicted molar refractivity (Wildman–Crippen MR) is 70.4 cm³/mol. The van der Waals surface area contributed by atoms with Crippen molar-refractivity contribution in [3.63, 3.8) is 0 Å². The van der Waals surface area contributed by atoms with Gasteiger partial charge in [0.05, 0.1) is 4.34 Å². The molecule has 0 unspecified atom stereocenters. The molecular weight excluding hydrogens is 288 g/mol. The zero-order valence-corrected chi connectivity index (χ0v) is 11.3. The minimum Gasteiger partial charge on any atom is -0.358 e. The molecule has 1 heterocycles. The second kappa shape index (κ2) is 5.62. The number of rotatable bonds is 4. The van der Waals surface area contributed by atoms with Crippen molar-refractivity contribution in [1.82, 2.24) is 10.0 Å². The smallest absolute Gasteiger partial charge is 0.273 e. The molecule has 0 aliphatic heterocycles. The summed E-state index contributed by atoms with van der Waals surface area (Å²) in [5.74, 6) is 0. The van der Waals surface area contributed by atoms with Crippen LogP contribution in [-0.2, 0) is 10.0 Å². The molecule has 0 aliphatic rings. The Kier molecular flexibility index (Phi) is 4.72. The Bertz CT molecular complexity index is 495. The fourth-order valence-electron chi connectivity index (χ4n) is 0.815. The second-order valence-corrected chi connectivity index (χ2v) is 6.70. The zero-order chi connectivity index (χ0) is 12.2. The normalized spacial score (nSPS) is 10.8. The highest BCUT2D eigenvalue weighted by atomic mass is 35.5. The number of sulfonamides is 1. The number of hydrogen-bond donors (Lipinski definition) is 2. The summed E-state index contributed by atoms with van der Waals surface area (Å²) in [4.78, 5) is 0. The topological polar surface area (TPSA) is 58.2 Å². The van der Waals surface area contributed by atoms with E-state index in [9.17, 15) is 8.42 Å². The van der Waals surface area contributed by atoms with Crippen LogP contribution in [0.1, 0.15) is 0 Å². The molecule has 4 nitrogen and oxygen atoms in total. The molecule has 0 fully saturated rings. The van der Waals surface area contributed by atoms with E-state index < -0.39 is 10.0 Å². The summed E-state index contributed by atoms with van der Waals surface area (Å²) in [5.41, 5.74) is 0. The van der Waals surface area contributed by atoms with Crippen LogP contribution in [0, 0.1) is 0 Å². The van der Waals surface area contributed by atoms with Gasteiger partial charge in [0.2, 0.25) is 0 Å². The Morgan fingerprint density at radius 1 is 1.62 bits per heavy atom. The van der Waals surface area contributed by atoms with E-state index >= 15 is 0 Å². The number of nitrogens with one attached hydrogen (secondary N) is 2. The van der Waals surface area contributed by atoms with Gasteiger partial charge in [-0.25, -0.2) is 8.42 Å². The minimum atomic E-state index is -3.62. The minimum absolute atomic E-state index is 0.0319. The quantitative estimate of drug-likeness (QED) is 0.656. The van der Waals surface area contributed by atoms with Gasteiger partial charge in [0.25, 0.3) is 10.0 Å². The summed E-state index contributed by atoms with van der Waals surface area (Å²) in [6.45, 7) is 3.87. The molecular formula is C8H9ClN2O2S3. The summed E-state index contributed by atoms with van der Waals surface area (Å²) in [5, 5.41) is 2.69. The van der Waals surface area contributed by atoms with E-state index in [4.69, 9.17) is 23.8 Å². The molecule has 8 heteroatoms. The van der Waals surface area contributed by atoms with Crippen LogP contribution in [0.3, 0.4) is 0 Å². The van der Waals surface area contributed by atoms with E-state index in [2.05, 4.69) is 16.6 Å². The summed E-state index contributed by atoms with van der Waals surface area (Å²) in [7, 11) is -3.62. The standard InChI is InChI=1S/C8H9ClN2O2S3/c1-2-5-10-8(14)11-16(12,13)7-4-3-6(9)15-7/h2-4H,1,5H2,(H2,10,11,14). The highest BCUT2D eigenvalue weighted by Crippen LogP contribution is 2.25. The summed E-state index contributed by atoms with van der Waals surface area (Å²) >= 11 is 11.4. The van der Waals surface area contributed by atoms with Crippen molar-refractivity contribution in [2.45, 2.75) is 4.21 Å². The van der Waals surface area contributed by atoms with Crippen molar-refractivity contribution in [2.75, 3.05) is 6.54 Å². The zero-order valence-electron chi connectivity index (χ0n) is 8.07. The lowest BCUT2D eigenvalue weighted by Crippen LogP contribution is -2.38. The summed E-state index contributed by atoms with van der Waals surface area (Å²) in [6.07, 6.45) is 1.57. The highest BCUT2D eigenvalue weighted by molar-refractivity contribution is 7.93. The Morgan fingerprint density at radius 2 is 2.31 bits per heavy atom. The van der Waals surface area contributed by atoms with E-state index in [1.54, 1.807) is 6.08 Å². The molecule has 1 aromatic heterocycles. The first-order chi connectivity index (χ1) is 7.45. The number of hydrogen-bond acceptors (Lipinski definition) is 4. The molecule has 0 amide bonds. The van der Waals surface area contributed by atoms with Crippen LogP contribution in [0.15, 0.2) is 29.0 Å². The maximum Gasteiger partial charge on any atom is 0.273 e. The molecule has 0 bridgehead atoms. The summed E-state index contributed by atoms with van der Waals surface area (Å²) < 4.78 is 26.2. The third-order valence-electron chi connectivity index (χ3n) is 1.45. The third kappa shape index (κ3) is 3.75. The largest absolute Gasteiger partial charge is 0.358 e. The van der Waals surface area contributed by atoms with Crippen molar-refractivity contribution in [3.8, 4) is 0 Å². The fourth-order valence-corrected chi connectivity index (χ4v) is 3.64. The molecule has 0 saturated heterocycles. The molecule has 0 aliphatic carbocycles. The van der Waals surface area contributed by atoms with Gasteiger partial charge in [-0.1, -0.05) is 17.7 Å². The molecule has 0 saturated carbocycles. The van der Waals surface area contributed by atoms with E-state index in [1.165, 1.54) is 12.1 Å². The van der Waals surface area contributed by atoms with Crippen molar-refractivity contribution in [1.29, 1.82) is 0 Å². The fraction of sp³-hybridized carbons (Fsp3) is 0.125. The summed E-state index contributed by atoms with van der Waals surface area (Å²) in [6, 6.07) is 2.94. The predicted octanol–water partition coefficient (Wildman–Crippen LogP) is 1.74. The average molecular weight is 297 g/mol. The third-order valence-corrected chi connectivity index (χ3v) is 4.90. The number of thiophene rings is 1. The average Bonchev–Trinajstić information content (AvgIpc) is 2.62. The van der Waals surface area contributed by atoms with Gasteiger partial charge in [-0.2, -0.15) is 0 Å². The van der Waals surface area contributed by atoms with Crippen LogP contribution < -0.4 is 10.0 Å². The molecule has 0 radical (unpaired) electrons. The lowest BCUT2D eigenvalue weighted by atomic mass is 10.6. The monoisotopic (exact) mass is 296 g/mol. The van der Waals surface area contributed by atoms with E-state index in [1.807, 2.05) is 0 Å². The number of thiocarbonyl (C=S) groups is 1. The van der Waals surface area contributed by atoms with Gasteiger partial charge in [0, 0.05) is 6.54 Å². The second-order valence-electron chi connectivity index (χ2n) is 2.66. The van der Waals surface area contributed by atoms with Crippen LogP contribution >= 0.6 is 35.2 Å². The Morgan fingerprint density at radius 3 is 2.81 bits per heavy atom. The highest BCUT2D eigenvalue weighted by Gasteiger charge is 2.17. The van der Waals surface area contributed by atoms with E-state index in [0.29, 0.717) is 10.9 Å². The van der Waals surface area contributed by atoms with Gasteiger partial charge in [-0.05, 0) is 24.4 Å². The molecule has 16 heavy (non-hydrogen) atoms. The van der Waals surface area contributed by atoms with E-state index in [0.717, 1.165) is 11.3 Å². The Hall–Kier alpha value is -0.630. The van der Waals surface area contributed by atoms with Gasteiger partial charge in [-0.3, -0.25) is 4.72 Å². The van der Waals surface area contributed by atoms with Crippen LogP contribution in [0.4, 0.5) is 0 Å². The van der Waals surface area contributed by atoms with Crippen LogP contribution in [0.5, 0.6) is 0 Å². The molecule has 1 rings (SSSR count). The first kappa shape index (κ1) is 13.4.